The van der Waals surface area contributed by atoms with E-state index in [1.165, 1.54) is 12.8 Å². The van der Waals surface area contributed by atoms with Crippen LogP contribution in [0.25, 0.3) is 0 Å². The number of halogens is 1. The number of nitrogens with zero attached hydrogens (tertiary/aromatic N) is 1. The molecule has 1 aliphatic carbocycles. The maximum Gasteiger partial charge on any atom is 0.127 e. The number of hydrogen-bond acceptors (Lipinski definition) is 3. The molecule has 2 rings (SSSR count). The molecule has 21 heavy (non-hydrogen) atoms. The topological polar surface area (TPSA) is 24.5 Å². The van der Waals surface area contributed by atoms with Gasteiger partial charge >= 0.3 is 0 Å². The third-order valence-electron chi connectivity index (χ3n) is 3.68. The molecule has 0 aromatic heterocycles. The third kappa shape index (κ3) is 5.58. The molecule has 1 aromatic rings. The van der Waals surface area contributed by atoms with Gasteiger partial charge in [-0.15, -0.1) is 6.58 Å². The van der Waals surface area contributed by atoms with E-state index in [1.807, 2.05) is 18.2 Å². The fourth-order valence-electron chi connectivity index (χ4n) is 2.29. The Labute approximate surface area is 126 Å². The highest BCUT2D eigenvalue weighted by atomic mass is 19.1. The summed E-state index contributed by atoms with van der Waals surface area (Å²) in [6.07, 6.45) is 4.36. The summed E-state index contributed by atoms with van der Waals surface area (Å²) in [5.74, 6) is -0.142. The Bertz CT molecular complexity index is 460. The third-order valence-corrected chi connectivity index (χ3v) is 3.68. The van der Waals surface area contributed by atoms with Gasteiger partial charge in [-0.3, -0.25) is 4.90 Å². The first-order valence-corrected chi connectivity index (χ1v) is 7.55. The van der Waals surface area contributed by atoms with Crippen molar-refractivity contribution in [3.63, 3.8) is 0 Å². The van der Waals surface area contributed by atoms with Gasteiger partial charge in [0.2, 0.25) is 0 Å². The molecule has 1 aliphatic rings. The minimum Gasteiger partial charge on any atom is -0.383 e. The van der Waals surface area contributed by atoms with Crippen LogP contribution in [0.2, 0.25) is 0 Å². The molecule has 0 bridgehead atoms. The molecule has 0 atom stereocenters. The van der Waals surface area contributed by atoms with Crippen LogP contribution in [-0.2, 0) is 17.8 Å². The van der Waals surface area contributed by atoms with E-state index < -0.39 is 0 Å². The molecule has 1 N–H and O–H groups in total. The van der Waals surface area contributed by atoms with Gasteiger partial charge in [-0.25, -0.2) is 4.39 Å². The van der Waals surface area contributed by atoms with Crippen LogP contribution in [-0.4, -0.2) is 37.7 Å². The molecule has 1 fully saturated rings. The molecule has 0 heterocycles. The van der Waals surface area contributed by atoms with E-state index >= 15 is 0 Å². The van der Waals surface area contributed by atoms with E-state index in [9.17, 15) is 4.39 Å². The molecule has 1 saturated carbocycles. The lowest BCUT2D eigenvalue weighted by atomic mass is 10.1. The van der Waals surface area contributed by atoms with Gasteiger partial charge < -0.3 is 10.1 Å². The predicted molar refractivity (Wildman–Crippen MR) is 83.6 cm³/mol. The smallest absolute Gasteiger partial charge is 0.127 e. The first kappa shape index (κ1) is 16.1. The maximum atomic E-state index is 14.0. The predicted octanol–water partition coefficient (Wildman–Crippen LogP) is 2.71. The fourth-order valence-corrected chi connectivity index (χ4v) is 2.29. The number of ether oxygens (including phenoxy) is 1. The van der Waals surface area contributed by atoms with Crippen LogP contribution in [0.3, 0.4) is 0 Å². The van der Waals surface area contributed by atoms with Crippen molar-refractivity contribution >= 4 is 0 Å². The van der Waals surface area contributed by atoms with Crippen LogP contribution < -0.4 is 5.32 Å². The normalized spacial score (nSPS) is 14.6. The summed E-state index contributed by atoms with van der Waals surface area (Å²) in [7, 11) is 1.68. The van der Waals surface area contributed by atoms with E-state index in [-0.39, 0.29) is 5.82 Å². The quantitative estimate of drug-likeness (QED) is 0.671. The molecular formula is C17H25FN2O. The Kier molecular flexibility index (Phi) is 6.36. The second-order valence-electron chi connectivity index (χ2n) is 5.60. The zero-order valence-corrected chi connectivity index (χ0v) is 12.8. The highest BCUT2D eigenvalue weighted by Crippen LogP contribution is 2.20. The lowest BCUT2D eigenvalue weighted by molar-refractivity contribution is 0.150. The SMILES string of the molecule is C=CCN(CCOC)Cc1cc(CNC2CC2)ccc1F. The molecule has 116 valence electrons. The average molecular weight is 292 g/mol. The molecule has 0 aliphatic heterocycles. The molecule has 1 aromatic carbocycles. The highest BCUT2D eigenvalue weighted by molar-refractivity contribution is 5.25. The van der Waals surface area contributed by atoms with E-state index in [2.05, 4.69) is 16.8 Å². The second-order valence-corrected chi connectivity index (χ2v) is 5.60. The summed E-state index contributed by atoms with van der Waals surface area (Å²) in [4.78, 5) is 2.13. The van der Waals surface area contributed by atoms with Crippen LogP contribution in [0.1, 0.15) is 24.0 Å². The van der Waals surface area contributed by atoms with Crippen LogP contribution in [0.4, 0.5) is 4.39 Å². The van der Waals surface area contributed by atoms with Gasteiger partial charge in [0.25, 0.3) is 0 Å². The van der Waals surface area contributed by atoms with Crippen molar-refractivity contribution in [1.29, 1.82) is 0 Å². The van der Waals surface area contributed by atoms with Gasteiger partial charge in [0.15, 0.2) is 0 Å². The first-order chi connectivity index (χ1) is 10.2. The lowest BCUT2D eigenvalue weighted by Crippen LogP contribution is -2.27. The van der Waals surface area contributed by atoms with Gasteiger partial charge in [0.05, 0.1) is 6.61 Å². The standard InChI is InChI=1S/C17H25FN2O/c1-3-8-20(9-10-21-2)13-15-11-14(4-7-17(15)18)12-19-16-5-6-16/h3-4,7,11,16,19H,1,5-6,8-10,12-13H2,2H3. The number of rotatable bonds is 10. The van der Waals surface area contributed by atoms with Crippen molar-refractivity contribution in [3.05, 3.63) is 47.8 Å². The Balaban J connectivity index is 1.97. The van der Waals surface area contributed by atoms with Crippen molar-refractivity contribution in [2.45, 2.75) is 32.0 Å². The minimum atomic E-state index is -0.142. The Morgan fingerprint density at radius 3 is 2.95 bits per heavy atom. The molecule has 3 nitrogen and oxygen atoms in total. The molecule has 0 amide bonds. The van der Waals surface area contributed by atoms with Gasteiger partial charge in [0.1, 0.15) is 5.82 Å². The average Bonchev–Trinajstić information content (AvgIpc) is 3.30. The van der Waals surface area contributed by atoms with Crippen LogP contribution in [0.15, 0.2) is 30.9 Å². The van der Waals surface area contributed by atoms with Crippen LogP contribution in [0, 0.1) is 5.82 Å². The summed E-state index contributed by atoms with van der Waals surface area (Å²) in [5, 5.41) is 3.46. The Hall–Kier alpha value is -1.23. The monoisotopic (exact) mass is 292 g/mol. The summed E-state index contributed by atoms with van der Waals surface area (Å²) in [6, 6.07) is 6.06. The Morgan fingerprint density at radius 1 is 1.48 bits per heavy atom. The minimum absolute atomic E-state index is 0.142. The van der Waals surface area contributed by atoms with E-state index in [0.29, 0.717) is 19.2 Å². The summed E-state index contributed by atoms with van der Waals surface area (Å²) >= 11 is 0. The molecule has 0 unspecified atom stereocenters. The molecule has 0 radical (unpaired) electrons. The number of hydrogen-bond donors (Lipinski definition) is 1. The lowest BCUT2D eigenvalue weighted by Gasteiger charge is -2.21. The summed E-state index contributed by atoms with van der Waals surface area (Å²) < 4.78 is 19.1. The first-order valence-electron chi connectivity index (χ1n) is 7.55. The summed E-state index contributed by atoms with van der Waals surface area (Å²) in [6.45, 7) is 7.30. The van der Waals surface area contributed by atoms with Gasteiger partial charge in [-0.05, 0) is 24.5 Å². The highest BCUT2D eigenvalue weighted by Gasteiger charge is 2.20. The largest absolute Gasteiger partial charge is 0.383 e. The molecule has 0 spiro atoms. The van der Waals surface area contributed by atoms with Crippen molar-refractivity contribution in [3.8, 4) is 0 Å². The van der Waals surface area contributed by atoms with E-state index in [0.717, 1.165) is 30.8 Å². The summed E-state index contributed by atoms with van der Waals surface area (Å²) in [5.41, 5.74) is 1.88. The zero-order chi connectivity index (χ0) is 15.1. The molecule has 4 heteroatoms. The molecular weight excluding hydrogens is 267 g/mol. The zero-order valence-electron chi connectivity index (χ0n) is 12.8. The molecule has 0 saturated heterocycles. The fraction of sp³-hybridized carbons (Fsp3) is 0.529. The van der Waals surface area contributed by atoms with E-state index in [4.69, 9.17) is 4.74 Å². The number of benzene rings is 1. The van der Waals surface area contributed by atoms with Crippen molar-refractivity contribution < 1.29 is 9.13 Å². The van der Waals surface area contributed by atoms with Crippen LogP contribution in [0.5, 0.6) is 0 Å². The van der Waals surface area contributed by atoms with Crippen molar-refractivity contribution in [2.75, 3.05) is 26.8 Å². The van der Waals surface area contributed by atoms with Crippen molar-refractivity contribution in [1.82, 2.24) is 10.2 Å². The van der Waals surface area contributed by atoms with Crippen molar-refractivity contribution in [2.24, 2.45) is 0 Å². The maximum absolute atomic E-state index is 14.0. The van der Waals surface area contributed by atoms with E-state index in [1.54, 1.807) is 13.2 Å². The van der Waals surface area contributed by atoms with Crippen LogP contribution >= 0.6 is 0 Å². The van der Waals surface area contributed by atoms with Gasteiger partial charge in [0, 0.05) is 44.9 Å². The number of methoxy groups -OCH3 is 1. The Morgan fingerprint density at radius 2 is 2.29 bits per heavy atom. The second kappa shape index (κ2) is 8.27. The number of nitrogens with one attached hydrogen (secondary N) is 1. The van der Waals surface area contributed by atoms with Gasteiger partial charge in [-0.1, -0.05) is 18.2 Å². The van der Waals surface area contributed by atoms with Gasteiger partial charge in [-0.2, -0.15) is 0 Å².